The molecule has 3 N–H and O–H groups in total. The molecule has 1 heterocycles. The fraction of sp³-hybridized carbons (Fsp3) is 0.316. The zero-order valence-corrected chi connectivity index (χ0v) is 16.2. The first-order chi connectivity index (χ1) is 12.8. The summed E-state index contributed by atoms with van der Waals surface area (Å²) in [5.41, 5.74) is 6.42. The number of nitrogens with two attached hydrogens (primary N) is 1. The lowest BCUT2D eigenvalue weighted by Crippen LogP contribution is -2.32. The number of ether oxygens (including phenoxy) is 2. The highest BCUT2D eigenvalue weighted by Crippen LogP contribution is 2.26. The summed E-state index contributed by atoms with van der Waals surface area (Å²) < 4.78 is 10.6. The number of hydrogen-bond acceptors (Lipinski definition) is 6. The first-order valence-corrected chi connectivity index (χ1v) is 9.27. The van der Waals surface area contributed by atoms with Crippen LogP contribution in [0.2, 0.25) is 0 Å². The van der Waals surface area contributed by atoms with Crippen molar-refractivity contribution >= 4 is 34.1 Å². The number of hydrogen-bond donors (Lipinski definition) is 2. The molecule has 27 heavy (non-hydrogen) atoms. The van der Waals surface area contributed by atoms with Gasteiger partial charge in [0.05, 0.1) is 5.56 Å². The van der Waals surface area contributed by atoms with Gasteiger partial charge in [0, 0.05) is 0 Å². The number of primary amides is 1. The second-order valence-corrected chi connectivity index (χ2v) is 7.05. The molecule has 2 rings (SSSR count). The smallest absolute Gasteiger partial charge is 0.344 e. The van der Waals surface area contributed by atoms with E-state index in [1.54, 1.807) is 11.4 Å². The highest BCUT2D eigenvalue weighted by atomic mass is 32.1. The van der Waals surface area contributed by atoms with Crippen molar-refractivity contribution in [2.45, 2.75) is 32.8 Å². The van der Waals surface area contributed by atoms with Crippen molar-refractivity contribution in [3.8, 4) is 5.75 Å². The minimum Gasteiger partial charge on any atom is -0.482 e. The van der Waals surface area contributed by atoms with Gasteiger partial charge in [0.1, 0.15) is 10.8 Å². The number of benzene rings is 1. The second kappa shape index (κ2) is 9.18. The number of nitrogens with one attached hydrogen (secondary N) is 1. The maximum Gasteiger partial charge on any atom is 0.344 e. The Morgan fingerprint density at radius 3 is 2.52 bits per heavy atom. The molecular weight excluding hydrogens is 368 g/mol. The summed E-state index contributed by atoms with van der Waals surface area (Å²) in [6.45, 7) is 5.18. The van der Waals surface area contributed by atoms with Gasteiger partial charge in [-0.1, -0.05) is 32.0 Å². The third kappa shape index (κ3) is 5.55. The number of carbonyl (C=O) groups is 3. The standard InChI is InChI=1S/C19H22N2O5S/c1-11(2)13-6-4-5-7-15(13)25-10-16(22)26-12(3)18(24)21-19-14(17(20)23)8-9-27-19/h4-9,11-12H,10H2,1-3H3,(H2,20,23)(H,21,24)/t12-/m1/s1. The quantitative estimate of drug-likeness (QED) is 0.674. The zero-order chi connectivity index (χ0) is 20.0. The van der Waals surface area contributed by atoms with Crippen molar-refractivity contribution in [2.75, 3.05) is 11.9 Å². The van der Waals surface area contributed by atoms with E-state index in [4.69, 9.17) is 15.2 Å². The highest BCUT2D eigenvalue weighted by molar-refractivity contribution is 7.14. The minimum atomic E-state index is -1.05. The average molecular weight is 390 g/mol. The Morgan fingerprint density at radius 1 is 1.15 bits per heavy atom. The molecule has 0 saturated carbocycles. The summed E-state index contributed by atoms with van der Waals surface area (Å²) >= 11 is 1.16. The fourth-order valence-electron chi connectivity index (χ4n) is 2.32. The van der Waals surface area contributed by atoms with Gasteiger partial charge in [-0.3, -0.25) is 9.59 Å². The molecule has 0 spiro atoms. The Morgan fingerprint density at radius 2 is 1.85 bits per heavy atom. The van der Waals surface area contributed by atoms with Crippen LogP contribution in [0.4, 0.5) is 5.00 Å². The third-order valence-electron chi connectivity index (χ3n) is 3.73. The van der Waals surface area contributed by atoms with Gasteiger partial charge < -0.3 is 20.5 Å². The zero-order valence-electron chi connectivity index (χ0n) is 15.4. The van der Waals surface area contributed by atoms with Crippen LogP contribution < -0.4 is 15.8 Å². The van der Waals surface area contributed by atoms with Gasteiger partial charge in [0.2, 0.25) is 0 Å². The monoisotopic (exact) mass is 390 g/mol. The normalized spacial score (nSPS) is 11.7. The topological polar surface area (TPSA) is 108 Å². The second-order valence-electron chi connectivity index (χ2n) is 6.13. The number of esters is 1. The molecule has 1 aromatic heterocycles. The Balaban J connectivity index is 1.89. The third-order valence-corrected chi connectivity index (χ3v) is 4.56. The van der Waals surface area contributed by atoms with Crippen molar-refractivity contribution in [1.82, 2.24) is 0 Å². The molecule has 0 saturated heterocycles. The van der Waals surface area contributed by atoms with Crippen molar-refractivity contribution in [3.63, 3.8) is 0 Å². The lowest BCUT2D eigenvalue weighted by atomic mass is 10.0. The molecule has 2 amide bonds. The van der Waals surface area contributed by atoms with E-state index >= 15 is 0 Å². The summed E-state index contributed by atoms with van der Waals surface area (Å²) in [7, 11) is 0. The van der Waals surface area contributed by atoms with E-state index in [0.29, 0.717) is 10.8 Å². The summed E-state index contributed by atoms with van der Waals surface area (Å²) in [5, 5.41) is 4.48. The van der Waals surface area contributed by atoms with Crippen molar-refractivity contribution in [3.05, 3.63) is 46.8 Å². The van der Waals surface area contributed by atoms with E-state index in [0.717, 1.165) is 16.9 Å². The van der Waals surface area contributed by atoms with E-state index in [1.807, 2.05) is 32.0 Å². The predicted octanol–water partition coefficient (Wildman–Crippen LogP) is 2.92. The Kier molecular flexibility index (Phi) is 6.95. The lowest BCUT2D eigenvalue weighted by molar-refractivity contribution is -0.155. The lowest BCUT2D eigenvalue weighted by Gasteiger charge is -2.15. The number of anilines is 1. The molecule has 144 valence electrons. The molecule has 1 atom stereocenters. The summed E-state index contributed by atoms with van der Waals surface area (Å²) in [5.74, 6) is -1.03. The largest absolute Gasteiger partial charge is 0.482 e. The number of thiophene rings is 1. The van der Waals surface area contributed by atoms with Crippen LogP contribution in [0, 0.1) is 0 Å². The van der Waals surface area contributed by atoms with Crippen LogP contribution in [-0.2, 0) is 14.3 Å². The van der Waals surface area contributed by atoms with Crippen molar-refractivity contribution < 1.29 is 23.9 Å². The molecule has 2 aromatic rings. The Hall–Kier alpha value is -2.87. The van der Waals surface area contributed by atoms with E-state index in [1.165, 1.54) is 13.0 Å². The molecule has 1 aromatic carbocycles. The van der Waals surface area contributed by atoms with Crippen molar-refractivity contribution in [2.24, 2.45) is 5.73 Å². The van der Waals surface area contributed by atoms with Gasteiger partial charge >= 0.3 is 5.97 Å². The van der Waals surface area contributed by atoms with Crippen molar-refractivity contribution in [1.29, 1.82) is 0 Å². The molecule has 7 nitrogen and oxygen atoms in total. The SMILES string of the molecule is CC(C)c1ccccc1OCC(=O)O[C@H](C)C(=O)Nc1sccc1C(N)=O. The van der Waals surface area contributed by atoms with Crippen LogP contribution in [0.3, 0.4) is 0 Å². The maximum absolute atomic E-state index is 12.2. The van der Waals surface area contributed by atoms with Gasteiger partial charge in [-0.2, -0.15) is 0 Å². The van der Waals surface area contributed by atoms with Gasteiger partial charge in [-0.25, -0.2) is 4.79 Å². The van der Waals surface area contributed by atoms with Gasteiger partial charge in [0.25, 0.3) is 11.8 Å². The summed E-state index contributed by atoms with van der Waals surface area (Å²) in [6, 6.07) is 8.94. The van der Waals surface area contributed by atoms with E-state index in [9.17, 15) is 14.4 Å². The van der Waals surface area contributed by atoms with E-state index in [-0.39, 0.29) is 18.1 Å². The maximum atomic E-state index is 12.2. The molecule has 0 unspecified atom stereocenters. The van der Waals surface area contributed by atoms with Gasteiger partial charge in [0.15, 0.2) is 12.7 Å². The predicted molar refractivity (Wildman–Crippen MR) is 103 cm³/mol. The molecule has 0 fully saturated rings. The first-order valence-electron chi connectivity index (χ1n) is 8.39. The van der Waals surface area contributed by atoms with Crippen LogP contribution >= 0.6 is 11.3 Å². The molecule has 0 aliphatic rings. The van der Waals surface area contributed by atoms with Crippen LogP contribution in [0.5, 0.6) is 5.75 Å². The molecule has 0 aliphatic carbocycles. The average Bonchev–Trinajstić information content (AvgIpc) is 3.08. The number of amides is 2. The van der Waals surface area contributed by atoms with Crippen LogP contribution in [0.1, 0.15) is 42.6 Å². The number of para-hydroxylation sites is 1. The number of rotatable bonds is 8. The summed E-state index contributed by atoms with van der Waals surface area (Å²) in [6.07, 6.45) is -1.05. The van der Waals surface area contributed by atoms with E-state index < -0.39 is 23.9 Å². The fourth-order valence-corrected chi connectivity index (χ4v) is 3.12. The van der Waals surface area contributed by atoms with Gasteiger partial charge in [-0.15, -0.1) is 11.3 Å². The Labute approximate surface area is 161 Å². The van der Waals surface area contributed by atoms with Crippen LogP contribution in [-0.4, -0.2) is 30.5 Å². The Bertz CT molecular complexity index is 831. The molecule has 0 aliphatic heterocycles. The van der Waals surface area contributed by atoms with E-state index in [2.05, 4.69) is 5.32 Å². The van der Waals surface area contributed by atoms with Crippen LogP contribution in [0.15, 0.2) is 35.7 Å². The first kappa shape index (κ1) is 20.4. The summed E-state index contributed by atoms with van der Waals surface area (Å²) in [4.78, 5) is 35.4. The van der Waals surface area contributed by atoms with Crippen LogP contribution in [0.25, 0.3) is 0 Å². The number of carbonyl (C=O) groups excluding carboxylic acids is 3. The molecule has 0 radical (unpaired) electrons. The molecule has 0 bridgehead atoms. The minimum absolute atomic E-state index is 0.209. The highest BCUT2D eigenvalue weighted by Gasteiger charge is 2.21. The molecule has 8 heteroatoms. The molecular formula is C19H22N2O5S. The van der Waals surface area contributed by atoms with Gasteiger partial charge in [-0.05, 0) is 35.9 Å².